The third-order valence-electron chi connectivity index (χ3n) is 5.48. The highest BCUT2D eigenvalue weighted by Crippen LogP contribution is 2.28. The number of nitrogens with zero attached hydrogens (tertiary/aromatic N) is 5. The highest BCUT2D eigenvalue weighted by Gasteiger charge is 2.23. The number of anilines is 1. The molecular weight excluding hydrogens is 382 g/mol. The van der Waals surface area contributed by atoms with Crippen LogP contribution in [0.15, 0.2) is 48.0 Å². The van der Waals surface area contributed by atoms with Gasteiger partial charge in [-0.1, -0.05) is 18.7 Å². The molecule has 0 spiro atoms. The van der Waals surface area contributed by atoms with Crippen molar-refractivity contribution in [3.05, 3.63) is 64.9 Å². The Morgan fingerprint density at radius 2 is 1.90 bits per heavy atom. The summed E-state index contributed by atoms with van der Waals surface area (Å²) in [5.41, 5.74) is 1.90. The Morgan fingerprint density at radius 3 is 2.57 bits per heavy atom. The number of rotatable bonds is 3. The van der Waals surface area contributed by atoms with Crippen LogP contribution in [0, 0.1) is 13.8 Å². The summed E-state index contributed by atoms with van der Waals surface area (Å²) >= 11 is 0. The summed E-state index contributed by atoms with van der Waals surface area (Å²) in [6, 6.07) is 7.03. The second kappa shape index (κ2) is 7.62. The number of para-hydroxylation sites is 1. The minimum absolute atomic E-state index is 0.0387. The van der Waals surface area contributed by atoms with Crippen molar-refractivity contribution >= 4 is 22.6 Å². The monoisotopic (exact) mass is 405 g/mol. The van der Waals surface area contributed by atoms with Crippen LogP contribution in [0.2, 0.25) is 0 Å². The van der Waals surface area contributed by atoms with Crippen molar-refractivity contribution < 1.29 is 9.90 Å². The van der Waals surface area contributed by atoms with E-state index in [1.54, 1.807) is 17.0 Å². The second-order valence-electron chi connectivity index (χ2n) is 7.34. The van der Waals surface area contributed by atoms with Crippen molar-refractivity contribution in [1.82, 2.24) is 19.4 Å². The molecule has 0 unspecified atom stereocenters. The Bertz CT molecular complexity index is 1190. The molecule has 1 saturated heterocycles. The maximum absolute atomic E-state index is 13.3. The van der Waals surface area contributed by atoms with Gasteiger partial charge in [0.2, 0.25) is 5.91 Å². The zero-order valence-electron chi connectivity index (χ0n) is 17.0. The van der Waals surface area contributed by atoms with E-state index in [0.717, 1.165) is 5.56 Å². The van der Waals surface area contributed by atoms with Crippen molar-refractivity contribution in [2.45, 2.75) is 13.8 Å². The van der Waals surface area contributed by atoms with Gasteiger partial charge in [0.05, 0.1) is 11.1 Å². The quantitative estimate of drug-likeness (QED) is 0.670. The lowest BCUT2D eigenvalue weighted by molar-refractivity contribution is -0.126. The molecule has 3 heterocycles. The zero-order chi connectivity index (χ0) is 21.4. The first-order valence-electron chi connectivity index (χ1n) is 9.75. The fraction of sp³-hybridized carbons (Fsp3) is 0.273. The van der Waals surface area contributed by atoms with E-state index in [1.807, 2.05) is 26.0 Å². The van der Waals surface area contributed by atoms with Crippen molar-refractivity contribution in [3.8, 4) is 11.4 Å². The van der Waals surface area contributed by atoms with Crippen LogP contribution in [0.1, 0.15) is 11.3 Å². The fourth-order valence-electron chi connectivity index (χ4n) is 3.96. The van der Waals surface area contributed by atoms with Gasteiger partial charge < -0.3 is 14.9 Å². The summed E-state index contributed by atoms with van der Waals surface area (Å²) in [5, 5.41) is 11.0. The number of hydrogen-bond donors (Lipinski definition) is 1. The number of aromatic hydroxyl groups is 1. The molecule has 8 heteroatoms. The molecule has 1 aromatic carbocycles. The summed E-state index contributed by atoms with van der Waals surface area (Å²) in [6.45, 7) is 9.54. The van der Waals surface area contributed by atoms with Gasteiger partial charge >= 0.3 is 0 Å². The molecular formula is C22H23N5O3. The molecule has 4 rings (SSSR count). The second-order valence-corrected chi connectivity index (χ2v) is 7.34. The predicted molar refractivity (Wildman–Crippen MR) is 115 cm³/mol. The number of aromatic nitrogens is 3. The van der Waals surface area contributed by atoms with Crippen LogP contribution in [0.5, 0.6) is 5.75 Å². The molecule has 3 aromatic rings. The molecule has 1 aliphatic rings. The normalized spacial score (nSPS) is 14.2. The highest BCUT2D eigenvalue weighted by molar-refractivity contribution is 5.90. The van der Waals surface area contributed by atoms with E-state index < -0.39 is 0 Å². The van der Waals surface area contributed by atoms with Crippen molar-refractivity contribution in [2.24, 2.45) is 0 Å². The van der Waals surface area contributed by atoms with E-state index >= 15 is 0 Å². The number of benzene rings is 1. The number of carbonyl (C=O) groups is 1. The molecule has 30 heavy (non-hydrogen) atoms. The lowest BCUT2D eigenvalue weighted by atomic mass is 10.1. The lowest BCUT2D eigenvalue weighted by Crippen LogP contribution is -2.48. The number of fused-ring (bicyclic) bond motifs is 1. The maximum Gasteiger partial charge on any atom is 0.282 e. The summed E-state index contributed by atoms with van der Waals surface area (Å²) in [4.78, 5) is 37.7. The number of pyridine rings is 1. The van der Waals surface area contributed by atoms with Gasteiger partial charge in [-0.3, -0.25) is 14.2 Å². The van der Waals surface area contributed by atoms with Gasteiger partial charge in [0, 0.05) is 31.9 Å². The van der Waals surface area contributed by atoms with Crippen molar-refractivity contribution in [2.75, 3.05) is 31.1 Å². The maximum atomic E-state index is 13.3. The largest absolute Gasteiger partial charge is 0.506 e. The van der Waals surface area contributed by atoms with Crippen LogP contribution in [0.4, 0.5) is 5.82 Å². The first-order valence-corrected chi connectivity index (χ1v) is 9.75. The molecule has 154 valence electrons. The van der Waals surface area contributed by atoms with E-state index in [2.05, 4.69) is 21.4 Å². The van der Waals surface area contributed by atoms with Gasteiger partial charge in [-0.2, -0.15) is 0 Å². The average molecular weight is 405 g/mol. The van der Waals surface area contributed by atoms with Crippen LogP contribution >= 0.6 is 0 Å². The predicted octanol–water partition coefficient (Wildman–Crippen LogP) is 1.94. The summed E-state index contributed by atoms with van der Waals surface area (Å²) < 4.78 is 1.49. The average Bonchev–Trinajstić information content (AvgIpc) is 2.75. The summed E-state index contributed by atoms with van der Waals surface area (Å²) in [7, 11) is 0. The molecule has 0 atom stereocenters. The molecule has 1 fully saturated rings. The van der Waals surface area contributed by atoms with Crippen molar-refractivity contribution in [1.29, 1.82) is 0 Å². The number of carbonyl (C=O) groups excluding carboxylic acids is 1. The third-order valence-corrected chi connectivity index (χ3v) is 5.48. The molecule has 1 N–H and O–H groups in total. The van der Waals surface area contributed by atoms with Gasteiger partial charge in [-0.25, -0.2) is 9.97 Å². The first kappa shape index (κ1) is 19.6. The molecule has 1 aliphatic heterocycles. The Balaban J connectivity index is 1.80. The van der Waals surface area contributed by atoms with Gasteiger partial charge in [-0.15, -0.1) is 0 Å². The number of phenolic OH excluding ortho intramolecular Hbond substituents is 1. The summed E-state index contributed by atoms with van der Waals surface area (Å²) in [5.74, 6) is 0.628. The Morgan fingerprint density at radius 1 is 1.17 bits per heavy atom. The van der Waals surface area contributed by atoms with Gasteiger partial charge in [0.25, 0.3) is 5.56 Å². The Kier molecular flexibility index (Phi) is 4.99. The van der Waals surface area contributed by atoms with Crippen LogP contribution in [0.3, 0.4) is 0 Å². The van der Waals surface area contributed by atoms with E-state index in [9.17, 15) is 14.7 Å². The molecule has 2 aromatic heterocycles. The Labute approximate surface area is 173 Å². The zero-order valence-corrected chi connectivity index (χ0v) is 17.0. The van der Waals surface area contributed by atoms with Crippen LogP contribution in [-0.2, 0) is 4.79 Å². The minimum Gasteiger partial charge on any atom is -0.506 e. The van der Waals surface area contributed by atoms with E-state index in [0.29, 0.717) is 48.8 Å². The van der Waals surface area contributed by atoms with Gasteiger partial charge in [0.15, 0.2) is 0 Å². The number of phenols is 1. The molecule has 0 radical (unpaired) electrons. The van der Waals surface area contributed by atoms with Crippen LogP contribution in [0.25, 0.3) is 16.6 Å². The number of amides is 1. The molecule has 1 amide bonds. The van der Waals surface area contributed by atoms with E-state index in [-0.39, 0.29) is 22.7 Å². The lowest BCUT2D eigenvalue weighted by Gasteiger charge is -2.35. The summed E-state index contributed by atoms with van der Waals surface area (Å²) in [6.07, 6.45) is 2.71. The first-order chi connectivity index (χ1) is 14.4. The SMILES string of the molecule is C=CC(=O)N1CCN(c2ncnc3c(=O)n(-c4c(C)cccc4O)c(C)cc23)CC1. The van der Waals surface area contributed by atoms with Crippen LogP contribution in [-0.4, -0.2) is 56.6 Å². The number of hydrogen-bond acceptors (Lipinski definition) is 6. The van der Waals surface area contributed by atoms with E-state index in [1.165, 1.54) is 17.0 Å². The van der Waals surface area contributed by atoms with Crippen LogP contribution < -0.4 is 10.5 Å². The molecule has 0 aliphatic carbocycles. The fourth-order valence-corrected chi connectivity index (χ4v) is 3.96. The smallest absolute Gasteiger partial charge is 0.282 e. The number of aryl methyl sites for hydroxylation is 2. The Hall–Kier alpha value is -3.68. The minimum atomic E-state index is -0.307. The van der Waals surface area contributed by atoms with Gasteiger partial charge in [0.1, 0.15) is 23.4 Å². The standard InChI is InChI=1S/C22H23N5O3/c1-4-18(29)25-8-10-26(11-9-25)21-16-12-15(3)27(22(30)19(16)23-13-24-21)20-14(2)6-5-7-17(20)28/h4-7,12-13,28H,1,8-11H2,2-3H3. The molecule has 0 saturated carbocycles. The molecule has 0 bridgehead atoms. The third kappa shape index (κ3) is 3.20. The topological polar surface area (TPSA) is 91.6 Å². The van der Waals surface area contributed by atoms with E-state index in [4.69, 9.17) is 0 Å². The van der Waals surface area contributed by atoms with Crippen molar-refractivity contribution in [3.63, 3.8) is 0 Å². The molecule has 8 nitrogen and oxygen atoms in total. The van der Waals surface area contributed by atoms with Gasteiger partial charge in [-0.05, 0) is 37.6 Å². The number of piperazine rings is 1. The highest BCUT2D eigenvalue weighted by atomic mass is 16.3.